The van der Waals surface area contributed by atoms with Gasteiger partial charge in [-0.05, 0) is 18.2 Å². The van der Waals surface area contributed by atoms with Crippen LogP contribution in [0.2, 0.25) is 0 Å². The molecule has 1 amide bonds. The van der Waals surface area contributed by atoms with Crippen LogP contribution in [0.1, 0.15) is 10.4 Å². The van der Waals surface area contributed by atoms with Crippen LogP contribution in [-0.2, 0) is 6.54 Å². The van der Waals surface area contributed by atoms with E-state index in [1.165, 1.54) is 0 Å². The molecule has 0 aliphatic carbocycles. The van der Waals surface area contributed by atoms with E-state index in [2.05, 4.69) is 4.98 Å². The number of primary amides is 1. The van der Waals surface area contributed by atoms with Crippen molar-refractivity contribution < 1.29 is 9.53 Å². The molecule has 0 spiro atoms. The predicted molar refractivity (Wildman–Crippen MR) is 61.7 cm³/mol. The van der Waals surface area contributed by atoms with Gasteiger partial charge in [-0.1, -0.05) is 0 Å². The third-order valence-corrected chi connectivity index (χ3v) is 2.84. The molecule has 0 unspecified atom stereocenters. The van der Waals surface area contributed by atoms with E-state index in [9.17, 15) is 4.79 Å². The van der Waals surface area contributed by atoms with Crippen LogP contribution in [0.4, 0.5) is 0 Å². The van der Waals surface area contributed by atoms with Gasteiger partial charge in [0.15, 0.2) is 0 Å². The molecule has 1 aromatic carbocycles. The molecule has 2 aromatic rings. The van der Waals surface area contributed by atoms with Crippen molar-refractivity contribution in [2.24, 2.45) is 5.73 Å². The fraction of sp³-hybridized carbons (Fsp3) is 0.167. The van der Waals surface area contributed by atoms with Crippen molar-refractivity contribution >= 4 is 5.91 Å². The molecule has 1 aliphatic heterocycles. The zero-order valence-electron chi connectivity index (χ0n) is 9.09. The third kappa shape index (κ3) is 1.56. The molecule has 0 fully saturated rings. The summed E-state index contributed by atoms with van der Waals surface area (Å²) in [6.45, 7) is 1.34. The van der Waals surface area contributed by atoms with Crippen molar-refractivity contribution in [3.63, 3.8) is 0 Å². The summed E-state index contributed by atoms with van der Waals surface area (Å²) in [6, 6.07) is 5.20. The van der Waals surface area contributed by atoms with Crippen molar-refractivity contribution in [2.45, 2.75) is 6.54 Å². The Balaban J connectivity index is 2.22. The molecule has 0 saturated carbocycles. The van der Waals surface area contributed by atoms with Crippen LogP contribution < -0.4 is 10.5 Å². The zero-order chi connectivity index (χ0) is 11.8. The molecule has 0 bridgehead atoms. The molecule has 0 saturated heterocycles. The highest BCUT2D eigenvalue weighted by Crippen LogP contribution is 2.32. The zero-order valence-corrected chi connectivity index (χ0v) is 9.09. The lowest BCUT2D eigenvalue weighted by Crippen LogP contribution is -2.10. The van der Waals surface area contributed by atoms with Gasteiger partial charge < -0.3 is 15.0 Å². The van der Waals surface area contributed by atoms with Gasteiger partial charge in [0.05, 0.1) is 24.8 Å². The van der Waals surface area contributed by atoms with E-state index in [-0.39, 0.29) is 0 Å². The minimum atomic E-state index is -0.442. The molecular weight excluding hydrogens is 218 g/mol. The topological polar surface area (TPSA) is 70.1 Å². The number of amides is 1. The second-order valence-corrected chi connectivity index (χ2v) is 3.90. The molecule has 0 atom stereocenters. The van der Waals surface area contributed by atoms with Crippen LogP contribution >= 0.6 is 0 Å². The fourth-order valence-corrected chi connectivity index (χ4v) is 1.99. The van der Waals surface area contributed by atoms with Crippen molar-refractivity contribution in [1.82, 2.24) is 9.55 Å². The molecule has 17 heavy (non-hydrogen) atoms. The summed E-state index contributed by atoms with van der Waals surface area (Å²) >= 11 is 0. The van der Waals surface area contributed by atoms with Gasteiger partial charge in [-0.25, -0.2) is 4.98 Å². The van der Waals surface area contributed by atoms with E-state index in [4.69, 9.17) is 10.5 Å². The van der Waals surface area contributed by atoms with Crippen LogP contribution in [0.5, 0.6) is 5.75 Å². The Morgan fingerprint density at radius 3 is 3.18 bits per heavy atom. The number of ether oxygens (including phenoxy) is 1. The van der Waals surface area contributed by atoms with E-state index in [0.717, 1.165) is 23.6 Å². The second-order valence-electron chi connectivity index (χ2n) is 3.90. The second kappa shape index (κ2) is 3.62. The Bertz CT molecular complexity index is 589. The summed E-state index contributed by atoms with van der Waals surface area (Å²) in [5.41, 5.74) is 7.56. The van der Waals surface area contributed by atoms with Crippen LogP contribution in [0.15, 0.2) is 30.7 Å². The Kier molecular flexibility index (Phi) is 2.11. The van der Waals surface area contributed by atoms with Gasteiger partial charge in [-0.3, -0.25) is 4.79 Å². The first-order valence-electron chi connectivity index (χ1n) is 5.33. The highest BCUT2D eigenvalue weighted by atomic mass is 16.5. The average molecular weight is 229 g/mol. The van der Waals surface area contributed by atoms with E-state index >= 15 is 0 Å². The summed E-state index contributed by atoms with van der Waals surface area (Å²) < 4.78 is 7.62. The van der Waals surface area contributed by atoms with Gasteiger partial charge in [0, 0.05) is 11.1 Å². The first-order valence-corrected chi connectivity index (χ1v) is 5.33. The van der Waals surface area contributed by atoms with Gasteiger partial charge in [0.1, 0.15) is 12.4 Å². The number of hydrogen-bond acceptors (Lipinski definition) is 3. The maximum Gasteiger partial charge on any atom is 0.248 e. The Morgan fingerprint density at radius 2 is 2.35 bits per heavy atom. The number of benzene rings is 1. The first kappa shape index (κ1) is 9.89. The molecule has 1 aromatic heterocycles. The maximum absolute atomic E-state index is 11.2. The number of carbonyl (C=O) groups excluding carboxylic acids is 1. The highest BCUT2D eigenvalue weighted by Gasteiger charge is 2.16. The molecule has 5 nitrogen and oxygen atoms in total. The number of imidazole rings is 1. The standard InChI is InChI=1S/C12H11N3O2/c13-12(16)8-1-2-11-9(5-8)10-6-14-7-15(10)3-4-17-11/h1-2,5-7H,3-4H2,(H2,13,16). The van der Waals surface area contributed by atoms with E-state index < -0.39 is 5.91 Å². The maximum atomic E-state index is 11.2. The van der Waals surface area contributed by atoms with Crippen molar-refractivity contribution in [1.29, 1.82) is 0 Å². The molecule has 0 radical (unpaired) electrons. The van der Waals surface area contributed by atoms with Crippen LogP contribution in [0.25, 0.3) is 11.3 Å². The number of nitrogens with zero attached hydrogens (tertiary/aromatic N) is 2. The molecule has 5 heteroatoms. The predicted octanol–water partition coefficient (Wildman–Crippen LogP) is 1.04. The normalized spacial score (nSPS) is 13.2. The number of fused-ring (bicyclic) bond motifs is 3. The van der Waals surface area contributed by atoms with Crippen LogP contribution in [0, 0.1) is 0 Å². The summed E-state index contributed by atoms with van der Waals surface area (Å²) in [6.07, 6.45) is 3.52. The minimum Gasteiger partial charge on any atom is -0.491 e. The molecule has 86 valence electrons. The quantitative estimate of drug-likeness (QED) is 0.794. The Labute approximate surface area is 97.8 Å². The average Bonchev–Trinajstić information content (AvgIpc) is 2.71. The molecule has 2 N–H and O–H groups in total. The van der Waals surface area contributed by atoms with Gasteiger partial charge in [0.2, 0.25) is 5.91 Å². The number of hydrogen-bond donors (Lipinski definition) is 1. The van der Waals surface area contributed by atoms with Gasteiger partial charge in [-0.15, -0.1) is 0 Å². The smallest absolute Gasteiger partial charge is 0.248 e. The number of rotatable bonds is 1. The lowest BCUT2D eigenvalue weighted by molar-refractivity contribution is 0.100. The summed E-state index contributed by atoms with van der Waals surface area (Å²) in [7, 11) is 0. The molecular formula is C12H11N3O2. The van der Waals surface area contributed by atoms with E-state index in [1.54, 1.807) is 30.7 Å². The third-order valence-electron chi connectivity index (χ3n) is 2.84. The van der Waals surface area contributed by atoms with E-state index in [0.29, 0.717) is 12.2 Å². The van der Waals surface area contributed by atoms with Crippen molar-refractivity contribution in [3.05, 3.63) is 36.3 Å². The number of aromatic nitrogens is 2. The molecule has 1 aliphatic rings. The Morgan fingerprint density at radius 1 is 1.47 bits per heavy atom. The Hall–Kier alpha value is -2.30. The number of carbonyl (C=O) groups is 1. The monoisotopic (exact) mass is 229 g/mol. The summed E-state index contributed by atoms with van der Waals surface area (Å²) in [5.74, 6) is 0.317. The molecule has 3 rings (SSSR count). The lowest BCUT2D eigenvalue weighted by Gasteiger charge is -2.07. The largest absolute Gasteiger partial charge is 0.491 e. The lowest BCUT2D eigenvalue weighted by atomic mass is 10.1. The minimum absolute atomic E-state index is 0.442. The summed E-state index contributed by atoms with van der Waals surface area (Å²) in [5, 5.41) is 0. The highest BCUT2D eigenvalue weighted by molar-refractivity contribution is 5.94. The van der Waals surface area contributed by atoms with Gasteiger partial charge in [-0.2, -0.15) is 0 Å². The van der Waals surface area contributed by atoms with Crippen LogP contribution in [-0.4, -0.2) is 22.1 Å². The van der Waals surface area contributed by atoms with Crippen LogP contribution in [0.3, 0.4) is 0 Å². The van der Waals surface area contributed by atoms with Crippen molar-refractivity contribution in [2.75, 3.05) is 6.61 Å². The van der Waals surface area contributed by atoms with Crippen molar-refractivity contribution in [3.8, 4) is 17.0 Å². The SMILES string of the molecule is NC(=O)c1ccc2c(c1)-c1cncn1CCO2. The fourth-order valence-electron chi connectivity index (χ4n) is 1.99. The molecule has 2 heterocycles. The first-order chi connectivity index (χ1) is 8.25. The van der Waals surface area contributed by atoms with Gasteiger partial charge in [0.25, 0.3) is 0 Å². The number of nitrogens with two attached hydrogens (primary N) is 1. The summed E-state index contributed by atoms with van der Waals surface area (Å²) in [4.78, 5) is 15.3. The van der Waals surface area contributed by atoms with Gasteiger partial charge >= 0.3 is 0 Å². The van der Waals surface area contributed by atoms with E-state index in [1.807, 2.05) is 4.57 Å².